The minimum atomic E-state index is -0.00871. The van der Waals surface area contributed by atoms with Gasteiger partial charge < -0.3 is 0 Å². The van der Waals surface area contributed by atoms with Crippen molar-refractivity contribution in [2.75, 3.05) is 0 Å². The van der Waals surface area contributed by atoms with Crippen molar-refractivity contribution in [2.24, 2.45) is 0 Å². The van der Waals surface area contributed by atoms with Gasteiger partial charge in [-0.05, 0) is 35.7 Å². The Hall–Kier alpha value is -2.67. The van der Waals surface area contributed by atoms with Crippen LogP contribution in [0.1, 0.15) is 11.1 Å². The number of aryl methyl sites for hydroxylation is 1. The van der Waals surface area contributed by atoms with Gasteiger partial charge in [-0.1, -0.05) is 71.9 Å². The van der Waals surface area contributed by atoms with Crippen LogP contribution in [0.2, 0.25) is 5.02 Å². The molecule has 0 atom stereocenters. The number of benzene rings is 2. The van der Waals surface area contributed by atoms with Gasteiger partial charge in [-0.15, -0.1) is 11.3 Å². The molecule has 2 aromatic carbocycles. The Morgan fingerprint density at radius 2 is 1.81 bits per heavy atom. The van der Waals surface area contributed by atoms with Crippen molar-refractivity contribution in [3.8, 4) is 0 Å². The molecule has 7 heteroatoms. The van der Waals surface area contributed by atoms with E-state index < -0.39 is 0 Å². The molecule has 0 N–H and O–H groups in total. The monoisotopic (exact) mass is 463 g/mol. The molecule has 31 heavy (non-hydrogen) atoms. The van der Waals surface area contributed by atoms with E-state index in [9.17, 15) is 4.79 Å². The molecule has 0 radical (unpaired) electrons. The highest BCUT2D eigenvalue weighted by Crippen LogP contribution is 2.32. The van der Waals surface area contributed by atoms with Gasteiger partial charge in [0.1, 0.15) is 9.53 Å². The summed E-state index contributed by atoms with van der Waals surface area (Å²) in [5.41, 5.74) is 2.94. The first-order valence-corrected chi connectivity index (χ1v) is 12.1. The Labute approximate surface area is 192 Å². The molecular formula is C24H18ClN3OS2. The number of nitrogens with zero attached hydrogens (tertiary/aromatic N) is 3. The van der Waals surface area contributed by atoms with Gasteiger partial charge in [-0.2, -0.15) is 0 Å². The van der Waals surface area contributed by atoms with E-state index >= 15 is 0 Å². The van der Waals surface area contributed by atoms with Gasteiger partial charge >= 0.3 is 0 Å². The average Bonchev–Trinajstić information content (AvgIpc) is 3.18. The minimum Gasteiger partial charge on any atom is -0.286 e. The Morgan fingerprint density at radius 1 is 1.00 bits per heavy atom. The zero-order valence-corrected chi connectivity index (χ0v) is 18.9. The van der Waals surface area contributed by atoms with E-state index in [1.165, 1.54) is 16.9 Å². The van der Waals surface area contributed by atoms with Gasteiger partial charge in [0.2, 0.25) is 0 Å². The lowest BCUT2D eigenvalue weighted by Gasteiger charge is -2.12. The summed E-state index contributed by atoms with van der Waals surface area (Å²) in [6.45, 7) is 0.568. The molecule has 0 saturated heterocycles. The Bertz CT molecular complexity index is 1430. The summed E-state index contributed by atoms with van der Waals surface area (Å²) in [4.78, 5) is 23.7. The molecule has 0 fully saturated rings. The molecule has 0 bridgehead atoms. The zero-order valence-electron chi connectivity index (χ0n) is 16.5. The van der Waals surface area contributed by atoms with Gasteiger partial charge in [-0.3, -0.25) is 9.36 Å². The molecule has 0 aliphatic rings. The van der Waals surface area contributed by atoms with E-state index in [1.54, 1.807) is 22.5 Å². The molecule has 0 unspecified atom stereocenters. The van der Waals surface area contributed by atoms with E-state index in [2.05, 4.69) is 17.1 Å². The van der Waals surface area contributed by atoms with Crippen LogP contribution < -0.4 is 5.56 Å². The molecule has 0 saturated carbocycles. The predicted octanol–water partition coefficient (Wildman–Crippen LogP) is 6.19. The number of hydrogen-bond donors (Lipinski definition) is 0. The van der Waals surface area contributed by atoms with E-state index in [0.29, 0.717) is 22.2 Å². The SMILES string of the molecule is O=c1c2sc3ncccc3c2nc(SCc2ccccc2Cl)n1CCc1ccccc1. The summed E-state index contributed by atoms with van der Waals surface area (Å²) in [7, 11) is 0. The van der Waals surface area contributed by atoms with Gasteiger partial charge in [0.25, 0.3) is 5.56 Å². The maximum atomic E-state index is 13.5. The van der Waals surface area contributed by atoms with Gasteiger partial charge in [0, 0.05) is 28.9 Å². The zero-order chi connectivity index (χ0) is 21.2. The maximum absolute atomic E-state index is 13.5. The Morgan fingerprint density at radius 3 is 2.65 bits per heavy atom. The number of fused-ring (bicyclic) bond motifs is 3. The normalized spacial score (nSPS) is 11.4. The topological polar surface area (TPSA) is 47.8 Å². The van der Waals surface area contributed by atoms with Crippen molar-refractivity contribution in [3.63, 3.8) is 0 Å². The summed E-state index contributed by atoms with van der Waals surface area (Å²) < 4.78 is 2.45. The van der Waals surface area contributed by atoms with Gasteiger partial charge in [0.15, 0.2) is 5.16 Å². The molecule has 4 nitrogen and oxygen atoms in total. The van der Waals surface area contributed by atoms with Crippen LogP contribution in [0.4, 0.5) is 0 Å². The number of thioether (sulfide) groups is 1. The summed E-state index contributed by atoms with van der Waals surface area (Å²) >= 11 is 9.30. The second kappa shape index (κ2) is 8.83. The fraction of sp³-hybridized carbons (Fsp3) is 0.125. The summed E-state index contributed by atoms with van der Waals surface area (Å²) in [6, 6.07) is 21.8. The number of aromatic nitrogens is 3. The van der Waals surface area contributed by atoms with E-state index in [4.69, 9.17) is 16.6 Å². The van der Waals surface area contributed by atoms with Gasteiger partial charge in [0.05, 0.1) is 5.52 Å². The van der Waals surface area contributed by atoms with E-state index in [-0.39, 0.29) is 5.56 Å². The molecule has 154 valence electrons. The first kappa shape index (κ1) is 20.2. The lowest BCUT2D eigenvalue weighted by molar-refractivity contribution is 0.596. The molecule has 0 spiro atoms. The maximum Gasteiger partial charge on any atom is 0.272 e. The fourth-order valence-electron chi connectivity index (χ4n) is 3.49. The van der Waals surface area contributed by atoms with Crippen LogP contribution in [-0.2, 0) is 18.7 Å². The van der Waals surface area contributed by atoms with Crippen molar-refractivity contribution in [1.82, 2.24) is 14.5 Å². The third-order valence-electron chi connectivity index (χ3n) is 5.10. The van der Waals surface area contributed by atoms with Crippen LogP contribution in [0, 0.1) is 0 Å². The van der Waals surface area contributed by atoms with Crippen molar-refractivity contribution in [2.45, 2.75) is 23.9 Å². The molecular weight excluding hydrogens is 446 g/mol. The van der Waals surface area contributed by atoms with Crippen molar-refractivity contribution in [3.05, 3.63) is 99.4 Å². The van der Waals surface area contributed by atoms with Crippen molar-refractivity contribution >= 4 is 55.1 Å². The number of rotatable bonds is 6. The van der Waals surface area contributed by atoms with Crippen molar-refractivity contribution < 1.29 is 0 Å². The first-order valence-electron chi connectivity index (χ1n) is 9.89. The fourth-order valence-corrected chi connectivity index (χ4v) is 5.83. The van der Waals surface area contributed by atoms with E-state index in [1.807, 2.05) is 54.6 Å². The predicted molar refractivity (Wildman–Crippen MR) is 130 cm³/mol. The average molecular weight is 464 g/mol. The molecule has 0 amide bonds. The largest absolute Gasteiger partial charge is 0.286 e. The quantitative estimate of drug-likeness (QED) is 0.222. The van der Waals surface area contributed by atoms with Gasteiger partial charge in [-0.25, -0.2) is 9.97 Å². The van der Waals surface area contributed by atoms with Crippen LogP contribution in [0.3, 0.4) is 0 Å². The molecule has 0 aliphatic heterocycles. The molecule has 5 aromatic rings. The molecule has 3 aromatic heterocycles. The third-order valence-corrected chi connectivity index (χ3v) is 7.58. The lowest BCUT2D eigenvalue weighted by atomic mass is 10.1. The number of thiophene rings is 1. The Balaban J connectivity index is 1.58. The van der Waals surface area contributed by atoms with Crippen LogP contribution in [-0.4, -0.2) is 14.5 Å². The van der Waals surface area contributed by atoms with Crippen LogP contribution in [0.15, 0.2) is 82.9 Å². The lowest BCUT2D eigenvalue weighted by Crippen LogP contribution is -2.23. The smallest absolute Gasteiger partial charge is 0.272 e. The number of halogens is 1. The molecule has 3 heterocycles. The standard InChI is InChI=1S/C24H18ClN3OS2/c25-19-11-5-4-9-17(19)15-30-24-27-20-18-10-6-13-26-22(18)31-21(20)23(29)28(24)14-12-16-7-2-1-3-8-16/h1-11,13H,12,14-15H2. The van der Waals surface area contributed by atoms with Crippen LogP contribution >= 0.6 is 34.7 Å². The molecule has 5 rings (SSSR count). The Kier molecular flexibility index (Phi) is 5.76. The number of pyridine rings is 1. The van der Waals surface area contributed by atoms with Crippen LogP contribution in [0.5, 0.6) is 0 Å². The third kappa shape index (κ3) is 4.11. The highest BCUT2D eigenvalue weighted by Gasteiger charge is 2.17. The minimum absolute atomic E-state index is 0.00871. The van der Waals surface area contributed by atoms with Crippen LogP contribution in [0.25, 0.3) is 20.4 Å². The highest BCUT2D eigenvalue weighted by atomic mass is 35.5. The van der Waals surface area contributed by atoms with E-state index in [0.717, 1.165) is 32.7 Å². The second-order valence-corrected chi connectivity index (χ2v) is 9.45. The summed E-state index contributed by atoms with van der Waals surface area (Å²) in [5.74, 6) is 0.642. The van der Waals surface area contributed by atoms with Crippen molar-refractivity contribution in [1.29, 1.82) is 0 Å². The summed E-state index contributed by atoms with van der Waals surface area (Å²) in [5, 5.41) is 2.35. The second-order valence-electron chi connectivity index (χ2n) is 7.10. The molecule has 0 aliphatic carbocycles. The first-order chi connectivity index (χ1) is 15.2. The highest BCUT2D eigenvalue weighted by molar-refractivity contribution is 7.98. The number of hydrogen-bond acceptors (Lipinski definition) is 5. The summed E-state index contributed by atoms with van der Waals surface area (Å²) in [6.07, 6.45) is 2.51.